The molecule has 1 saturated heterocycles. The smallest absolute Gasteiger partial charge is 0.311 e. The van der Waals surface area contributed by atoms with Gasteiger partial charge in [-0.2, -0.15) is 0 Å². The maximum absolute atomic E-state index is 13.6. The van der Waals surface area contributed by atoms with Gasteiger partial charge in [0.15, 0.2) is 11.4 Å². The van der Waals surface area contributed by atoms with Gasteiger partial charge in [-0.25, -0.2) is 0 Å². The van der Waals surface area contributed by atoms with Gasteiger partial charge in [0.2, 0.25) is 0 Å². The zero-order chi connectivity index (χ0) is 16.3. The third kappa shape index (κ3) is 1.78. The van der Waals surface area contributed by atoms with E-state index >= 15 is 0 Å². The first kappa shape index (κ1) is 14.4. The number of hydrogen-bond acceptors (Lipinski definition) is 3. The van der Waals surface area contributed by atoms with Crippen LogP contribution in [0.1, 0.15) is 43.6 Å². The summed E-state index contributed by atoms with van der Waals surface area (Å²) in [6.07, 6.45) is 8.88. The predicted molar refractivity (Wildman–Crippen MR) is 89.2 cm³/mol. The summed E-state index contributed by atoms with van der Waals surface area (Å²) >= 11 is 0. The van der Waals surface area contributed by atoms with Crippen LogP contribution < -0.4 is 0 Å². The fourth-order valence-electron chi connectivity index (χ4n) is 5.76. The van der Waals surface area contributed by atoms with Gasteiger partial charge in [0, 0.05) is 11.8 Å². The van der Waals surface area contributed by atoms with E-state index in [0.29, 0.717) is 6.42 Å². The Morgan fingerprint density at radius 3 is 2.50 bits per heavy atom. The van der Waals surface area contributed by atoms with Gasteiger partial charge in [0.1, 0.15) is 0 Å². The molecule has 4 aliphatic rings. The zero-order valence-electron chi connectivity index (χ0n) is 13.7. The van der Waals surface area contributed by atoms with Crippen molar-refractivity contribution in [1.29, 1.82) is 0 Å². The Morgan fingerprint density at radius 1 is 0.958 bits per heavy atom. The Bertz CT molecular complexity index is 722. The Labute approximate surface area is 142 Å². The van der Waals surface area contributed by atoms with Crippen molar-refractivity contribution in [3.8, 4) is 0 Å². The highest BCUT2D eigenvalue weighted by Crippen LogP contribution is 2.57. The highest BCUT2D eigenvalue weighted by molar-refractivity contribution is 6.00. The number of carbonyl (C=O) groups excluding carboxylic acids is 2. The zero-order valence-corrected chi connectivity index (χ0v) is 13.7. The molecule has 1 aromatic rings. The van der Waals surface area contributed by atoms with E-state index in [-0.39, 0.29) is 41.3 Å². The van der Waals surface area contributed by atoms with Gasteiger partial charge in [0.05, 0.1) is 5.92 Å². The van der Waals surface area contributed by atoms with E-state index in [4.69, 9.17) is 4.74 Å². The number of esters is 1. The molecule has 124 valence electrons. The van der Waals surface area contributed by atoms with Gasteiger partial charge in [-0.15, -0.1) is 0 Å². The molecule has 0 amide bonds. The summed E-state index contributed by atoms with van der Waals surface area (Å²) in [6, 6.07) is 10.2. The van der Waals surface area contributed by atoms with Crippen LogP contribution >= 0.6 is 0 Å². The van der Waals surface area contributed by atoms with Gasteiger partial charge < -0.3 is 4.74 Å². The Hall–Kier alpha value is -1.90. The van der Waals surface area contributed by atoms with E-state index in [1.54, 1.807) is 0 Å². The molecule has 3 aliphatic carbocycles. The molecule has 3 fully saturated rings. The highest BCUT2D eigenvalue weighted by Gasteiger charge is 2.64. The second-order valence-electron chi connectivity index (χ2n) is 7.88. The molecular formula is C21H22O3. The maximum Gasteiger partial charge on any atom is 0.311 e. The first-order chi connectivity index (χ1) is 11.7. The van der Waals surface area contributed by atoms with Crippen LogP contribution in [0.2, 0.25) is 0 Å². The molecule has 3 nitrogen and oxygen atoms in total. The second kappa shape index (κ2) is 5.05. The van der Waals surface area contributed by atoms with Gasteiger partial charge >= 0.3 is 5.97 Å². The average Bonchev–Trinajstić information content (AvgIpc) is 3.23. The average molecular weight is 322 g/mol. The van der Waals surface area contributed by atoms with Crippen LogP contribution in [0.15, 0.2) is 42.5 Å². The number of benzene rings is 1. The number of hydrogen-bond donors (Lipinski definition) is 0. The summed E-state index contributed by atoms with van der Waals surface area (Å²) in [5.41, 5.74) is 0.214. The summed E-state index contributed by atoms with van der Waals surface area (Å²) in [6.45, 7) is 0. The van der Waals surface area contributed by atoms with E-state index in [1.807, 2.05) is 18.2 Å². The predicted octanol–water partition coefficient (Wildman–Crippen LogP) is 3.65. The van der Waals surface area contributed by atoms with Gasteiger partial charge in [-0.05, 0) is 43.1 Å². The molecule has 5 rings (SSSR count). The molecule has 1 heterocycles. The largest absolute Gasteiger partial charge is 0.450 e. The quantitative estimate of drug-likeness (QED) is 0.585. The van der Waals surface area contributed by atoms with E-state index in [1.165, 1.54) is 0 Å². The molecule has 1 spiro atoms. The second-order valence-corrected chi connectivity index (χ2v) is 7.88. The van der Waals surface area contributed by atoms with Crippen molar-refractivity contribution in [2.45, 2.75) is 43.6 Å². The van der Waals surface area contributed by atoms with E-state index < -0.39 is 5.60 Å². The summed E-state index contributed by atoms with van der Waals surface area (Å²) in [4.78, 5) is 26.4. The molecule has 1 aliphatic heterocycles. The van der Waals surface area contributed by atoms with Crippen molar-refractivity contribution < 1.29 is 14.3 Å². The highest BCUT2D eigenvalue weighted by atomic mass is 16.6. The minimum absolute atomic E-state index is 0.00737. The van der Waals surface area contributed by atoms with Crippen molar-refractivity contribution in [2.75, 3.05) is 0 Å². The SMILES string of the molecule is O=C1O[C@]2(CCCC[C@H]2c2ccccc2)C(=O)[C@@H]2[C@H]1[C@@H]1C=C[C@H]2C1. The van der Waals surface area contributed by atoms with Crippen molar-refractivity contribution in [2.24, 2.45) is 23.7 Å². The Balaban J connectivity index is 1.59. The number of carbonyl (C=O) groups is 2. The third-order valence-electron chi connectivity index (χ3n) is 6.79. The first-order valence-corrected chi connectivity index (χ1v) is 9.21. The Kier molecular flexibility index (Phi) is 3.04. The molecule has 3 heteroatoms. The molecular weight excluding hydrogens is 300 g/mol. The number of fused-ring (bicyclic) bond motifs is 5. The molecule has 0 N–H and O–H groups in total. The first-order valence-electron chi connectivity index (χ1n) is 9.21. The monoisotopic (exact) mass is 322 g/mol. The normalized spacial score (nSPS) is 43.1. The minimum Gasteiger partial charge on any atom is -0.450 e. The van der Waals surface area contributed by atoms with Crippen molar-refractivity contribution in [1.82, 2.24) is 0 Å². The van der Waals surface area contributed by atoms with Crippen LogP contribution in [-0.4, -0.2) is 17.4 Å². The molecule has 0 unspecified atom stereocenters. The molecule has 1 aromatic carbocycles. The lowest BCUT2D eigenvalue weighted by Gasteiger charge is -2.48. The lowest BCUT2D eigenvalue weighted by molar-refractivity contribution is -0.193. The summed E-state index contributed by atoms with van der Waals surface area (Å²) < 4.78 is 6.04. The van der Waals surface area contributed by atoms with Gasteiger partial charge in [-0.3, -0.25) is 9.59 Å². The van der Waals surface area contributed by atoms with E-state index in [0.717, 1.165) is 31.2 Å². The van der Waals surface area contributed by atoms with Crippen LogP contribution in [0.5, 0.6) is 0 Å². The maximum atomic E-state index is 13.6. The summed E-state index contributed by atoms with van der Waals surface area (Å²) in [7, 11) is 0. The molecule has 2 bridgehead atoms. The summed E-state index contributed by atoms with van der Waals surface area (Å²) in [5, 5.41) is 0. The van der Waals surface area contributed by atoms with Crippen LogP contribution in [0.25, 0.3) is 0 Å². The molecule has 24 heavy (non-hydrogen) atoms. The van der Waals surface area contributed by atoms with E-state index in [2.05, 4.69) is 24.3 Å². The molecule has 0 aromatic heterocycles. The molecule has 2 saturated carbocycles. The van der Waals surface area contributed by atoms with Crippen molar-refractivity contribution in [3.05, 3.63) is 48.0 Å². The van der Waals surface area contributed by atoms with Crippen LogP contribution in [-0.2, 0) is 14.3 Å². The number of allylic oxidation sites excluding steroid dienone is 2. The van der Waals surface area contributed by atoms with Crippen molar-refractivity contribution >= 4 is 11.8 Å². The Morgan fingerprint density at radius 2 is 1.71 bits per heavy atom. The lowest BCUT2D eigenvalue weighted by atomic mass is 9.62. The topological polar surface area (TPSA) is 43.4 Å². The van der Waals surface area contributed by atoms with Gasteiger partial charge in [-0.1, -0.05) is 48.9 Å². The molecule has 0 radical (unpaired) electrons. The fraction of sp³-hybridized carbons (Fsp3) is 0.524. The van der Waals surface area contributed by atoms with Crippen LogP contribution in [0, 0.1) is 23.7 Å². The van der Waals surface area contributed by atoms with Crippen LogP contribution in [0.4, 0.5) is 0 Å². The number of Topliss-reactive ketones (excluding diaryl/α,β-unsaturated/α-hetero) is 1. The number of rotatable bonds is 1. The number of ether oxygens (including phenoxy) is 1. The third-order valence-corrected chi connectivity index (χ3v) is 6.79. The van der Waals surface area contributed by atoms with E-state index in [9.17, 15) is 9.59 Å². The van der Waals surface area contributed by atoms with Crippen LogP contribution in [0.3, 0.4) is 0 Å². The standard InChI is InChI=1S/C21H22O3/c22-19-17-14-9-10-15(12-14)18(17)20(23)24-21(19)11-5-4-8-16(21)13-6-2-1-3-7-13/h1-3,6-7,9-10,14-18H,4-5,8,11-12H2/t14-,15+,16-,17-,18+,21-/m0/s1. The molecule has 6 atom stereocenters. The minimum atomic E-state index is -0.920. The van der Waals surface area contributed by atoms with Crippen molar-refractivity contribution in [3.63, 3.8) is 0 Å². The number of ketones is 1. The van der Waals surface area contributed by atoms with Gasteiger partial charge in [0.25, 0.3) is 0 Å². The lowest BCUT2D eigenvalue weighted by Crippen LogP contribution is -2.60. The fourth-order valence-corrected chi connectivity index (χ4v) is 5.76. The summed E-state index contributed by atoms with van der Waals surface area (Å²) in [5.74, 6) is 0.176.